The third-order valence-corrected chi connectivity index (χ3v) is 6.60. The molecule has 2 aliphatic rings. The van der Waals surface area contributed by atoms with Crippen molar-refractivity contribution in [2.45, 2.75) is 57.7 Å². The van der Waals surface area contributed by atoms with E-state index in [1.807, 2.05) is 29.3 Å². The highest BCUT2D eigenvalue weighted by Crippen LogP contribution is 2.52. The molecule has 4 heterocycles. The average Bonchev–Trinajstić information content (AvgIpc) is 3.42. The van der Waals surface area contributed by atoms with Crippen molar-refractivity contribution in [2.75, 3.05) is 0 Å². The summed E-state index contributed by atoms with van der Waals surface area (Å²) in [6.45, 7) is 2.37. The molecule has 2 aromatic rings. The SMILES string of the molecule is CCC(=O)N1[C@@H]2CC[C@H]1[C@@](Cc1cscn1)(C(=O)NCc1ccncc1)C2. The van der Waals surface area contributed by atoms with Crippen LogP contribution in [-0.4, -0.2) is 38.8 Å². The minimum absolute atomic E-state index is 0.0332. The van der Waals surface area contributed by atoms with E-state index in [9.17, 15) is 9.59 Å². The van der Waals surface area contributed by atoms with Gasteiger partial charge < -0.3 is 10.2 Å². The maximum atomic E-state index is 13.4. The molecule has 2 amide bonds. The zero-order chi connectivity index (χ0) is 18.9. The number of hydrogen-bond acceptors (Lipinski definition) is 5. The van der Waals surface area contributed by atoms with Gasteiger partial charge in [0.1, 0.15) is 0 Å². The van der Waals surface area contributed by atoms with E-state index in [2.05, 4.69) is 15.3 Å². The fourth-order valence-corrected chi connectivity index (χ4v) is 5.32. The van der Waals surface area contributed by atoms with Crippen LogP contribution in [-0.2, 0) is 22.6 Å². The number of nitrogens with zero attached hydrogens (tertiary/aromatic N) is 3. The number of hydrogen-bond donors (Lipinski definition) is 1. The van der Waals surface area contributed by atoms with Crippen molar-refractivity contribution in [3.05, 3.63) is 46.7 Å². The minimum atomic E-state index is -0.588. The molecule has 0 saturated carbocycles. The van der Waals surface area contributed by atoms with Crippen molar-refractivity contribution in [1.82, 2.24) is 20.2 Å². The summed E-state index contributed by atoms with van der Waals surface area (Å²) in [7, 11) is 0. The molecule has 2 bridgehead atoms. The van der Waals surface area contributed by atoms with Gasteiger partial charge in [0, 0.05) is 49.2 Å². The fourth-order valence-electron chi connectivity index (χ4n) is 4.76. The van der Waals surface area contributed by atoms with Gasteiger partial charge in [-0.25, -0.2) is 4.98 Å². The predicted molar refractivity (Wildman–Crippen MR) is 103 cm³/mol. The third kappa shape index (κ3) is 3.25. The van der Waals surface area contributed by atoms with E-state index in [4.69, 9.17) is 0 Å². The Hall–Kier alpha value is -2.28. The lowest BCUT2D eigenvalue weighted by Crippen LogP contribution is -2.51. The molecular weight excluding hydrogens is 360 g/mol. The van der Waals surface area contributed by atoms with Crippen molar-refractivity contribution in [3.63, 3.8) is 0 Å². The highest BCUT2D eigenvalue weighted by molar-refractivity contribution is 7.07. The van der Waals surface area contributed by atoms with Crippen molar-refractivity contribution in [2.24, 2.45) is 5.41 Å². The summed E-state index contributed by atoms with van der Waals surface area (Å²) in [6.07, 6.45) is 7.14. The first-order chi connectivity index (χ1) is 13.1. The highest BCUT2D eigenvalue weighted by atomic mass is 32.1. The van der Waals surface area contributed by atoms with E-state index in [-0.39, 0.29) is 23.9 Å². The van der Waals surface area contributed by atoms with Gasteiger partial charge >= 0.3 is 0 Å². The number of aromatic nitrogens is 2. The largest absolute Gasteiger partial charge is 0.351 e. The molecule has 142 valence electrons. The molecule has 2 aliphatic heterocycles. The van der Waals surface area contributed by atoms with Crippen LogP contribution in [0.3, 0.4) is 0 Å². The van der Waals surface area contributed by atoms with Crippen LogP contribution in [0, 0.1) is 5.41 Å². The Labute approximate surface area is 163 Å². The van der Waals surface area contributed by atoms with Crippen molar-refractivity contribution >= 4 is 23.2 Å². The molecule has 27 heavy (non-hydrogen) atoms. The standard InChI is InChI=1S/C20H24N4O2S/c1-2-18(25)24-16-3-4-17(24)20(10-16,9-15-12-27-13-23-15)19(26)22-11-14-5-7-21-8-6-14/h5-8,12-13,16-17H,2-4,9-11H2,1H3,(H,22,26)/t16-,17+,20+/m1/s1. The predicted octanol–water partition coefficient (Wildman–Crippen LogP) is 2.56. The quantitative estimate of drug-likeness (QED) is 0.831. The van der Waals surface area contributed by atoms with Crippen LogP contribution in [0.5, 0.6) is 0 Å². The van der Waals surface area contributed by atoms with Crippen LogP contribution in [0.15, 0.2) is 35.4 Å². The van der Waals surface area contributed by atoms with Crippen LogP contribution >= 0.6 is 11.3 Å². The molecule has 7 heteroatoms. The molecule has 6 nitrogen and oxygen atoms in total. The van der Waals surface area contributed by atoms with Gasteiger partial charge in [0.15, 0.2) is 0 Å². The lowest BCUT2D eigenvalue weighted by Gasteiger charge is -2.35. The van der Waals surface area contributed by atoms with Crippen LogP contribution < -0.4 is 5.32 Å². The summed E-state index contributed by atoms with van der Waals surface area (Å²) in [5.74, 6) is 0.193. The van der Waals surface area contributed by atoms with Crippen molar-refractivity contribution in [3.8, 4) is 0 Å². The number of thiazole rings is 1. The summed E-state index contributed by atoms with van der Waals surface area (Å²) in [5, 5.41) is 5.14. The summed E-state index contributed by atoms with van der Waals surface area (Å²) >= 11 is 1.54. The van der Waals surface area contributed by atoms with Crippen LogP contribution in [0.1, 0.15) is 43.9 Å². The zero-order valence-electron chi connectivity index (χ0n) is 15.4. The summed E-state index contributed by atoms with van der Waals surface area (Å²) in [5.41, 5.74) is 3.18. The number of carbonyl (C=O) groups is 2. The molecule has 0 unspecified atom stereocenters. The second kappa shape index (κ2) is 7.38. The highest BCUT2D eigenvalue weighted by Gasteiger charge is 2.60. The second-order valence-corrected chi connectivity index (χ2v) is 8.18. The summed E-state index contributed by atoms with van der Waals surface area (Å²) < 4.78 is 0. The van der Waals surface area contributed by atoms with Gasteiger partial charge in [-0.2, -0.15) is 0 Å². The van der Waals surface area contributed by atoms with E-state index < -0.39 is 5.41 Å². The molecule has 0 spiro atoms. The van der Waals surface area contributed by atoms with Crippen LogP contribution in [0.25, 0.3) is 0 Å². The Balaban J connectivity index is 1.59. The smallest absolute Gasteiger partial charge is 0.229 e. The van der Waals surface area contributed by atoms with Gasteiger partial charge in [0.25, 0.3) is 0 Å². The normalized spacial score (nSPS) is 26.3. The van der Waals surface area contributed by atoms with E-state index in [1.54, 1.807) is 29.2 Å². The zero-order valence-corrected chi connectivity index (χ0v) is 16.2. The Morgan fingerprint density at radius 3 is 2.85 bits per heavy atom. The topological polar surface area (TPSA) is 75.2 Å². The number of carbonyl (C=O) groups excluding carboxylic acids is 2. The number of rotatable bonds is 6. The monoisotopic (exact) mass is 384 g/mol. The van der Waals surface area contributed by atoms with Crippen molar-refractivity contribution < 1.29 is 9.59 Å². The first-order valence-corrected chi connectivity index (χ1v) is 10.4. The average molecular weight is 385 g/mol. The Morgan fingerprint density at radius 1 is 1.33 bits per heavy atom. The first-order valence-electron chi connectivity index (χ1n) is 9.49. The van der Waals surface area contributed by atoms with Gasteiger partial charge in [-0.1, -0.05) is 6.92 Å². The molecule has 0 radical (unpaired) electrons. The second-order valence-electron chi connectivity index (χ2n) is 7.46. The Bertz CT molecular complexity index is 811. The van der Waals surface area contributed by atoms with E-state index in [0.717, 1.165) is 30.5 Å². The summed E-state index contributed by atoms with van der Waals surface area (Å²) in [4.78, 5) is 36.4. The lowest BCUT2D eigenvalue weighted by molar-refractivity contribution is -0.136. The molecule has 3 atom stereocenters. The maximum absolute atomic E-state index is 13.4. The molecule has 4 rings (SSSR count). The van der Waals surface area contributed by atoms with E-state index >= 15 is 0 Å². The van der Waals surface area contributed by atoms with Gasteiger partial charge in [0.2, 0.25) is 11.8 Å². The number of pyridine rings is 1. The van der Waals surface area contributed by atoms with E-state index in [0.29, 0.717) is 19.4 Å². The molecule has 1 N–H and O–H groups in total. The van der Waals surface area contributed by atoms with Gasteiger partial charge in [0.05, 0.1) is 16.6 Å². The van der Waals surface area contributed by atoms with E-state index in [1.165, 1.54) is 0 Å². The van der Waals surface area contributed by atoms with Crippen LogP contribution in [0.4, 0.5) is 0 Å². The fraction of sp³-hybridized carbons (Fsp3) is 0.500. The van der Waals surface area contributed by atoms with Crippen LogP contribution in [0.2, 0.25) is 0 Å². The lowest BCUT2D eigenvalue weighted by atomic mass is 9.70. The molecule has 2 fully saturated rings. The number of nitrogens with one attached hydrogen (secondary N) is 1. The molecule has 0 aliphatic carbocycles. The molecule has 2 aromatic heterocycles. The third-order valence-electron chi connectivity index (χ3n) is 5.97. The van der Waals surface area contributed by atoms with Gasteiger partial charge in [-0.15, -0.1) is 11.3 Å². The van der Waals surface area contributed by atoms with Crippen molar-refractivity contribution in [1.29, 1.82) is 0 Å². The van der Waals surface area contributed by atoms with Gasteiger partial charge in [-0.05, 0) is 37.0 Å². The molecule has 2 saturated heterocycles. The summed E-state index contributed by atoms with van der Waals surface area (Å²) in [6, 6.07) is 3.95. The first kappa shape index (κ1) is 18.1. The Kier molecular flexibility index (Phi) is 4.95. The Morgan fingerprint density at radius 2 is 2.15 bits per heavy atom. The van der Waals surface area contributed by atoms with Gasteiger partial charge in [-0.3, -0.25) is 14.6 Å². The molecule has 0 aromatic carbocycles. The maximum Gasteiger partial charge on any atom is 0.229 e. The number of amides is 2. The minimum Gasteiger partial charge on any atom is -0.351 e. The molecular formula is C20H24N4O2S. The number of fused-ring (bicyclic) bond motifs is 2.